The summed E-state index contributed by atoms with van der Waals surface area (Å²) >= 11 is 1.44. The number of aliphatic hydroxyl groups is 1. The van der Waals surface area contributed by atoms with Crippen LogP contribution in [0.1, 0.15) is 27.0 Å². The molecule has 3 heterocycles. The van der Waals surface area contributed by atoms with E-state index in [9.17, 15) is 14.7 Å². The summed E-state index contributed by atoms with van der Waals surface area (Å²) in [6.45, 7) is 2.49. The van der Waals surface area contributed by atoms with Gasteiger partial charge in [-0.1, -0.05) is 0 Å². The lowest BCUT2D eigenvalue weighted by Gasteiger charge is -2.25. The second-order valence-electron chi connectivity index (χ2n) is 5.43. The SMILES string of the molecule is COCCN1C(=O)C(O)=C(C(=O)c2ccco2)C1c1sccc1C. The number of amides is 1. The van der Waals surface area contributed by atoms with Gasteiger partial charge in [-0.05, 0) is 36.1 Å². The number of ether oxygens (including phenoxy) is 1. The molecule has 2 aromatic heterocycles. The summed E-state index contributed by atoms with van der Waals surface area (Å²) in [6.07, 6.45) is 1.38. The molecule has 1 atom stereocenters. The fourth-order valence-corrected chi connectivity index (χ4v) is 3.83. The van der Waals surface area contributed by atoms with Gasteiger partial charge in [-0.2, -0.15) is 0 Å². The molecule has 2 aromatic rings. The van der Waals surface area contributed by atoms with Gasteiger partial charge in [-0.25, -0.2) is 0 Å². The van der Waals surface area contributed by atoms with Gasteiger partial charge in [0.2, 0.25) is 5.78 Å². The van der Waals surface area contributed by atoms with Gasteiger partial charge in [0.05, 0.1) is 18.4 Å². The van der Waals surface area contributed by atoms with Crippen molar-refractivity contribution in [1.82, 2.24) is 4.90 Å². The number of carbonyl (C=O) groups is 2. The molecule has 3 rings (SSSR count). The molecule has 0 saturated heterocycles. The lowest BCUT2D eigenvalue weighted by Crippen LogP contribution is -2.33. The van der Waals surface area contributed by atoms with Crippen molar-refractivity contribution < 1.29 is 23.8 Å². The maximum absolute atomic E-state index is 12.8. The number of hydrogen-bond acceptors (Lipinski definition) is 6. The van der Waals surface area contributed by atoms with Crippen molar-refractivity contribution in [2.24, 2.45) is 0 Å². The zero-order valence-corrected chi connectivity index (χ0v) is 14.1. The van der Waals surface area contributed by atoms with Gasteiger partial charge in [-0.15, -0.1) is 11.3 Å². The van der Waals surface area contributed by atoms with E-state index in [1.54, 1.807) is 6.07 Å². The first-order valence-electron chi connectivity index (χ1n) is 7.41. The Morgan fingerprint density at radius 3 is 2.83 bits per heavy atom. The van der Waals surface area contributed by atoms with Gasteiger partial charge in [0.15, 0.2) is 11.5 Å². The third kappa shape index (κ3) is 2.65. The average Bonchev–Trinajstić information content (AvgIpc) is 3.28. The van der Waals surface area contributed by atoms with E-state index in [1.165, 1.54) is 35.7 Å². The standard InChI is InChI=1S/C17H17NO5S/c1-10-5-9-24-16(10)13-12(14(19)11-4-3-7-23-11)15(20)17(21)18(13)6-8-22-2/h3-5,7,9,13,20H,6,8H2,1-2H3. The number of furan rings is 1. The van der Waals surface area contributed by atoms with E-state index in [-0.39, 0.29) is 17.9 Å². The monoisotopic (exact) mass is 347 g/mol. The highest BCUT2D eigenvalue weighted by Crippen LogP contribution is 2.42. The van der Waals surface area contributed by atoms with E-state index in [2.05, 4.69) is 0 Å². The Morgan fingerprint density at radius 2 is 2.25 bits per heavy atom. The van der Waals surface area contributed by atoms with Crippen LogP contribution in [-0.4, -0.2) is 42.0 Å². The minimum absolute atomic E-state index is 0.0524. The lowest BCUT2D eigenvalue weighted by atomic mass is 9.98. The Kier molecular flexibility index (Phi) is 4.55. The molecule has 1 aliphatic rings. The Balaban J connectivity index is 2.07. The Labute approximate surface area is 143 Å². The minimum Gasteiger partial charge on any atom is -0.503 e. The van der Waals surface area contributed by atoms with Crippen LogP contribution in [-0.2, 0) is 9.53 Å². The Bertz CT molecular complexity index is 790. The molecule has 6 nitrogen and oxygen atoms in total. The molecule has 126 valence electrons. The van der Waals surface area contributed by atoms with Gasteiger partial charge >= 0.3 is 0 Å². The first kappa shape index (κ1) is 16.5. The average molecular weight is 347 g/mol. The van der Waals surface area contributed by atoms with E-state index in [0.717, 1.165) is 10.4 Å². The van der Waals surface area contributed by atoms with Crippen molar-refractivity contribution in [1.29, 1.82) is 0 Å². The van der Waals surface area contributed by atoms with Crippen LogP contribution >= 0.6 is 11.3 Å². The smallest absolute Gasteiger partial charge is 0.290 e. The number of hydrogen-bond donors (Lipinski definition) is 1. The predicted molar refractivity (Wildman–Crippen MR) is 88.1 cm³/mol. The first-order valence-corrected chi connectivity index (χ1v) is 8.29. The Hall–Kier alpha value is -2.38. The van der Waals surface area contributed by atoms with E-state index in [4.69, 9.17) is 9.15 Å². The minimum atomic E-state index is -0.634. The highest BCUT2D eigenvalue weighted by atomic mass is 32.1. The van der Waals surface area contributed by atoms with Gasteiger partial charge in [0.25, 0.3) is 5.91 Å². The summed E-state index contributed by atoms with van der Waals surface area (Å²) in [6, 6.07) is 4.40. The molecule has 1 amide bonds. The van der Waals surface area contributed by atoms with Crippen LogP contribution in [0.5, 0.6) is 0 Å². The largest absolute Gasteiger partial charge is 0.503 e. The number of thiophene rings is 1. The molecule has 1 N–H and O–H groups in total. The molecule has 24 heavy (non-hydrogen) atoms. The summed E-state index contributed by atoms with van der Waals surface area (Å²) in [7, 11) is 1.54. The summed E-state index contributed by atoms with van der Waals surface area (Å²) < 4.78 is 10.2. The van der Waals surface area contributed by atoms with Crippen molar-refractivity contribution >= 4 is 23.0 Å². The van der Waals surface area contributed by atoms with Crippen molar-refractivity contribution in [2.45, 2.75) is 13.0 Å². The van der Waals surface area contributed by atoms with Crippen LogP contribution < -0.4 is 0 Å². The van der Waals surface area contributed by atoms with Crippen molar-refractivity contribution in [3.05, 3.63) is 57.4 Å². The summed E-state index contributed by atoms with van der Waals surface area (Å²) in [5, 5.41) is 12.2. The van der Waals surface area contributed by atoms with Gasteiger partial charge in [0, 0.05) is 18.5 Å². The molecule has 0 fully saturated rings. The number of rotatable bonds is 6. The fourth-order valence-electron chi connectivity index (χ4n) is 2.78. The molecular formula is C17H17NO5S. The van der Waals surface area contributed by atoms with Crippen molar-refractivity contribution in [3.8, 4) is 0 Å². The molecular weight excluding hydrogens is 330 g/mol. The van der Waals surface area contributed by atoms with Crippen molar-refractivity contribution in [3.63, 3.8) is 0 Å². The van der Waals surface area contributed by atoms with E-state index in [1.807, 2.05) is 18.4 Å². The van der Waals surface area contributed by atoms with Gasteiger partial charge in [-0.3, -0.25) is 9.59 Å². The second kappa shape index (κ2) is 6.62. The normalized spacial score (nSPS) is 17.8. The second-order valence-corrected chi connectivity index (χ2v) is 6.38. The van der Waals surface area contributed by atoms with Crippen LogP contribution in [0.3, 0.4) is 0 Å². The van der Waals surface area contributed by atoms with Crippen molar-refractivity contribution in [2.75, 3.05) is 20.3 Å². The van der Waals surface area contributed by atoms with E-state index >= 15 is 0 Å². The lowest BCUT2D eigenvalue weighted by molar-refractivity contribution is -0.130. The summed E-state index contributed by atoms with van der Waals surface area (Å²) in [4.78, 5) is 27.6. The fraction of sp³-hybridized carbons (Fsp3) is 0.294. The molecule has 0 radical (unpaired) electrons. The van der Waals surface area contributed by atoms with Crippen LogP contribution in [0.25, 0.3) is 0 Å². The molecule has 7 heteroatoms. The molecule has 0 aromatic carbocycles. The highest BCUT2D eigenvalue weighted by molar-refractivity contribution is 7.10. The quantitative estimate of drug-likeness (QED) is 0.813. The third-order valence-electron chi connectivity index (χ3n) is 3.98. The van der Waals surface area contributed by atoms with Crippen LogP contribution in [0.2, 0.25) is 0 Å². The zero-order valence-electron chi connectivity index (χ0n) is 13.3. The third-order valence-corrected chi connectivity index (χ3v) is 5.05. The molecule has 1 aliphatic heterocycles. The van der Waals surface area contributed by atoms with Crippen LogP contribution in [0, 0.1) is 6.92 Å². The summed E-state index contributed by atoms with van der Waals surface area (Å²) in [5.74, 6) is -1.48. The maximum atomic E-state index is 12.8. The molecule has 0 saturated carbocycles. The summed E-state index contributed by atoms with van der Waals surface area (Å²) in [5.41, 5.74) is 1.01. The van der Waals surface area contributed by atoms with E-state index in [0.29, 0.717) is 6.61 Å². The van der Waals surface area contributed by atoms with Crippen LogP contribution in [0.4, 0.5) is 0 Å². The molecule has 0 aliphatic carbocycles. The van der Waals surface area contributed by atoms with E-state index < -0.39 is 23.5 Å². The molecule has 0 spiro atoms. The number of aryl methyl sites for hydroxylation is 1. The highest BCUT2D eigenvalue weighted by Gasteiger charge is 2.45. The Morgan fingerprint density at radius 1 is 1.46 bits per heavy atom. The zero-order chi connectivity index (χ0) is 17.3. The maximum Gasteiger partial charge on any atom is 0.290 e. The van der Waals surface area contributed by atoms with Gasteiger partial charge < -0.3 is 19.2 Å². The topological polar surface area (TPSA) is 80.0 Å². The van der Waals surface area contributed by atoms with Crippen LogP contribution in [0.15, 0.2) is 45.6 Å². The number of Topliss-reactive ketones (excluding diaryl/α,β-unsaturated/α-hetero) is 1. The number of methoxy groups -OCH3 is 1. The number of nitrogens with zero attached hydrogens (tertiary/aromatic N) is 1. The number of ketones is 1. The van der Waals surface area contributed by atoms with Gasteiger partial charge in [0.1, 0.15) is 6.04 Å². The number of aliphatic hydroxyl groups excluding tert-OH is 1. The predicted octanol–water partition coefficient (Wildman–Crippen LogP) is 2.87. The first-order chi connectivity index (χ1) is 11.6. The molecule has 1 unspecified atom stereocenters. The molecule has 0 bridgehead atoms. The number of carbonyl (C=O) groups excluding carboxylic acids is 2.